The quantitative estimate of drug-likeness (QED) is 0.663. The number of rotatable bonds is 9. The van der Waals surface area contributed by atoms with Crippen molar-refractivity contribution in [3.63, 3.8) is 0 Å². The predicted octanol–water partition coefficient (Wildman–Crippen LogP) is 3.01. The Morgan fingerprint density at radius 1 is 1.00 bits per heavy atom. The van der Waals surface area contributed by atoms with Crippen molar-refractivity contribution >= 4 is 5.91 Å². The summed E-state index contributed by atoms with van der Waals surface area (Å²) >= 11 is 0. The van der Waals surface area contributed by atoms with Gasteiger partial charge >= 0.3 is 0 Å². The van der Waals surface area contributed by atoms with Crippen LogP contribution in [0.5, 0.6) is 5.75 Å². The van der Waals surface area contributed by atoms with Crippen LogP contribution in [0, 0.1) is 13.8 Å². The standard InChI is InChI=1S/C24H33N3O2/c1-20-9-10-21(2)23(17-20)29-19-24(28)25-11-6-12-26-13-15-27(16-14-26)18-22-7-4-3-5-8-22/h3-5,7-10,17H,6,11-16,18-19H2,1-2H3,(H,25,28). The highest BCUT2D eigenvalue weighted by atomic mass is 16.5. The van der Waals surface area contributed by atoms with Crippen LogP contribution in [-0.2, 0) is 11.3 Å². The summed E-state index contributed by atoms with van der Waals surface area (Å²) in [5.74, 6) is 0.729. The maximum absolute atomic E-state index is 12.0. The Kier molecular flexibility index (Phi) is 8.08. The molecule has 0 bridgehead atoms. The molecule has 2 aromatic carbocycles. The first-order valence-electron chi connectivity index (χ1n) is 10.6. The third-order valence-electron chi connectivity index (χ3n) is 5.39. The zero-order valence-electron chi connectivity index (χ0n) is 17.7. The molecular weight excluding hydrogens is 362 g/mol. The average molecular weight is 396 g/mol. The van der Waals surface area contributed by atoms with Gasteiger partial charge in [-0.3, -0.25) is 9.69 Å². The van der Waals surface area contributed by atoms with E-state index < -0.39 is 0 Å². The molecule has 29 heavy (non-hydrogen) atoms. The zero-order chi connectivity index (χ0) is 20.5. The lowest BCUT2D eigenvalue weighted by atomic mass is 10.1. The number of ether oxygens (including phenoxy) is 1. The first-order valence-corrected chi connectivity index (χ1v) is 10.6. The summed E-state index contributed by atoms with van der Waals surface area (Å²) in [4.78, 5) is 17.0. The molecule has 1 amide bonds. The van der Waals surface area contributed by atoms with E-state index in [0.717, 1.165) is 62.6 Å². The van der Waals surface area contributed by atoms with Gasteiger partial charge in [0, 0.05) is 39.3 Å². The normalized spacial score (nSPS) is 15.2. The Morgan fingerprint density at radius 3 is 2.48 bits per heavy atom. The van der Waals surface area contributed by atoms with Gasteiger partial charge in [-0.2, -0.15) is 0 Å². The molecule has 0 atom stereocenters. The lowest BCUT2D eigenvalue weighted by Gasteiger charge is -2.34. The van der Waals surface area contributed by atoms with Crippen LogP contribution < -0.4 is 10.1 Å². The molecule has 0 radical (unpaired) electrons. The smallest absolute Gasteiger partial charge is 0.257 e. The maximum Gasteiger partial charge on any atom is 0.257 e. The minimum atomic E-state index is -0.0569. The Balaban J connectivity index is 1.26. The van der Waals surface area contributed by atoms with E-state index in [1.807, 2.05) is 32.0 Å². The lowest BCUT2D eigenvalue weighted by molar-refractivity contribution is -0.123. The number of piperazine rings is 1. The number of amides is 1. The number of hydrogen-bond donors (Lipinski definition) is 1. The molecule has 1 N–H and O–H groups in total. The molecule has 0 aromatic heterocycles. The van der Waals surface area contributed by atoms with Crippen molar-refractivity contribution < 1.29 is 9.53 Å². The summed E-state index contributed by atoms with van der Waals surface area (Å²) in [6.07, 6.45) is 0.966. The van der Waals surface area contributed by atoms with Crippen LogP contribution in [0.4, 0.5) is 0 Å². The molecule has 1 heterocycles. The first kappa shape index (κ1) is 21.3. The predicted molar refractivity (Wildman–Crippen MR) is 117 cm³/mol. The van der Waals surface area contributed by atoms with Crippen LogP contribution in [-0.4, -0.2) is 61.6 Å². The number of carbonyl (C=O) groups is 1. The van der Waals surface area contributed by atoms with Gasteiger partial charge < -0.3 is 15.0 Å². The van der Waals surface area contributed by atoms with Gasteiger partial charge in [-0.05, 0) is 49.6 Å². The van der Waals surface area contributed by atoms with Gasteiger partial charge in [0.1, 0.15) is 5.75 Å². The van der Waals surface area contributed by atoms with E-state index in [4.69, 9.17) is 4.74 Å². The van der Waals surface area contributed by atoms with Gasteiger partial charge in [-0.25, -0.2) is 0 Å². The van der Waals surface area contributed by atoms with E-state index >= 15 is 0 Å². The van der Waals surface area contributed by atoms with E-state index in [1.54, 1.807) is 0 Å². The lowest BCUT2D eigenvalue weighted by Crippen LogP contribution is -2.46. The van der Waals surface area contributed by atoms with Crippen LogP contribution in [0.1, 0.15) is 23.1 Å². The Bertz CT molecular complexity index is 771. The maximum atomic E-state index is 12.0. The molecular formula is C24H33N3O2. The van der Waals surface area contributed by atoms with Crippen LogP contribution in [0.3, 0.4) is 0 Å². The first-order chi connectivity index (χ1) is 14.1. The van der Waals surface area contributed by atoms with Crippen molar-refractivity contribution in [1.29, 1.82) is 0 Å². The zero-order valence-corrected chi connectivity index (χ0v) is 17.7. The van der Waals surface area contributed by atoms with E-state index in [9.17, 15) is 4.79 Å². The van der Waals surface area contributed by atoms with Gasteiger partial charge in [0.05, 0.1) is 0 Å². The third kappa shape index (κ3) is 7.18. The SMILES string of the molecule is Cc1ccc(C)c(OCC(=O)NCCCN2CCN(Cc3ccccc3)CC2)c1. The number of carbonyl (C=O) groups excluding carboxylic acids is 1. The van der Waals surface area contributed by atoms with Crippen molar-refractivity contribution in [3.05, 3.63) is 65.2 Å². The molecule has 0 unspecified atom stereocenters. The fourth-order valence-corrected chi connectivity index (χ4v) is 3.60. The summed E-state index contributed by atoms with van der Waals surface area (Å²) in [5, 5.41) is 2.97. The Labute approximate surface area is 174 Å². The monoisotopic (exact) mass is 395 g/mol. The number of hydrogen-bond acceptors (Lipinski definition) is 4. The molecule has 0 saturated carbocycles. The molecule has 0 aliphatic carbocycles. The van der Waals surface area contributed by atoms with Gasteiger partial charge in [0.2, 0.25) is 0 Å². The molecule has 1 saturated heterocycles. The summed E-state index contributed by atoms with van der Waals surface area (Å²) in [6.45, 7) is 11.2. The summed E-state index contributed by atoms with van der Waals surface area (Å²) in [5.41, 5.74) is 3.57. The largest absolute Gasteiger partial charge is 0.483 e. The minimum absolute atomic E-state index is 0.0569. The van der Waals surface area contributed by atoms with E-state index in [2.05, 4.69) is 45.4 Å². The summed E-state index contributed by atoms with van der Waals surface area (Å²) in [6, 6.07) is 16.7. The van der Waals surface area contributed by atoms with Crippen LogP contribution in [0.25, 0.3) is 0 Å². The second-order valence-electron chi connectivity index (χ2n) is 7.86. The van der Waals surface area contributed by atoms with Gasteiger partial charge in [-0.15, -0.1) is 0 Å². The highest BCUT2D eigenvalue weighted by Gasteiger charge is 2.16. The minimum Gasteiger partial charge on any atom is -0.483 e. The highest BCUT2D eigenvalue weighted by molar-refractivity contribution is 5.77. The second-order valence-corrected chi connectivity index (χ2v) is 7.86. The molecule has 5 nitrogen and oxygen atoms in total. The topological polar surface area (TPSA) is 44.8 Å². The molecule has 3 rings (SSSR count). The van der Waals surface area contributed by atoms with Gasteiger partial charge in [0.15, 0.2) is 6.61 Å². The molecule has 5 heteroatoms. The van der Waals surface area contributed by atoms with Crippen molar-refractivity contribution in [2.75, 3.05) is 45.9 Å². The molecule has 0 spiro atoms. The molecule has 2 aromatic rings. The van der Waals surface area contributed by atoms with Crippen molar-refractivity contribution in [1.82, 2.24) is 15.1 Å². The summed E-state index contributed by atoms with van der Waals surface area (Å²) in [7, 11) is 0. The Hall–Kier alpha value is -2.37. The van der Waals surface area contributed by atoms with Crippen LogP contribution >= 0.6 is 0 Å². The van der Waals surface area contributed by atoms with Gasteiger partial charge in [-0.1, -0.05) is 42.5 Å². The summed E-state index contributed by atoms with van der Waals surface area (Å²) < 4.78 is 5.66. The van der Waals surface area contributed by atoms with E-state index in [1.165, 1.54) is 5.56 Å². The van der Waals surface area contributed by atoms with Crippen molar-refractivity contribution in [2.24, 2.45) is 0 Å². The van der Waals surface area contributed by atoms with E-state index in [0.29, 0.717) is 6.54 Å². The molecule has 1 aliphatic heterocycles. The highest BCUT2D eigenvalue weighted by Crippen LogP contribution is 2.18. The number of aryl methyl sites for hydroxylation is 2. The number of benzene rings is 2. The second kappa shape index (κ2) is 11.0. The third-order valence-corrected chi connectivity index (χ3v) is 5.39. The van der Waals surface area contributed by atoms with Gasteiger partial charge in [0.25, 0.3) is 5.91 Å². The van der Waals surface area contributed by atoms with Crippen molar-refractivity contribution in [3.8, 4) is 5.75 Å². The molecule has 1 fully saturated rings. The van der Waals surface area contributed by atoms with Crippen LogP contribution in [0.2, 0.25) is 0 Å². The molecule has 1 aliphatic rings. The number of nitrogens with zero attached hydrogens (tertiary/aromatic N) is 2. The molecule has 156 valence electrons. The number of nitrogens with one attached hydrogen (secondary N) is 1. The van der Waals surface area contributed by atoms with Crippen LogP contribution in [0.15, 0.2) is 48.5 Å². The fourth-order valence-electron chi connectivity index (χ4n) is 3.60. The average Bonchev–Trinajstić information content (AvgIpc) is 2.74. The Morgan fingerprint density at radius 2 is 1.72 bits per heavy atom. The fraction of sp³-hybridized carbons (Fsp3) is 0.458. The van der Waals surface area contributed by atoms with E-state index in [-0.39, 0.29) is 12.5 Å². The van der Waals surface area contributed by atoms with Crippen molar-refractivity contribution in [2.45, 2.75) is 26.8 Å².